The molecule has 0 spiro atoms. The lowest BCUT2D eigenvalue weighted by Crippen LogP contribution is -2.01. The van der Waals surface area contributed by atoms with E-state index >= 15 is 0 Å². The van der Waals surface area contributed by atoms with E-state index in [9.17, 15) is 0 Å². The third kappa shape index (κ3) is 5.04. The number of hydrogen-bond acceptors (Lipinski definition) is 3. The van der Waals surface area contributed by atoms with Gasteiger partial charge >= 0.3 is 0 Å². The van der Waals surface area contributed by atoms with Crippen LogP contribution in [0.25, 0.3) is 117 Å². The molecular formula is C56H35N5O. The van der Waals surface area contributed by atoms with Crippen molar-refractivity contribution >= 4 is 65.6 Å². The maximum Gasteiger partial charge on any atom is 0.168 e. The van der Waals surface area contributed by atoms with Crippen molar-refractivity contribution in [3.63, 3.8) is 0 Å². The molecule has 0 saturated heterocycles. The highest BCUT2D eigenvalue weighted by Crippen LogP contribution is 2.44. The Kier molecular flexibility index (Phi) is 7.50. The van der Waals surface area contributed by atoms with Gasteiger partial charge in [0.15, 0.2) is 11.6 Å². The Hall–Kier alpha value is -8.48. The van der Waals surface area contributed by atoms with Crippen LogP contribution in [0.2, 0.25) is 0 Å². The van der Waals surface area contributed by atoms with Crippen LogP contribution in [0.5, 0.6) is 0 Å². The second-order valence-electron chi connectivity index (χ2n) is 15.8. The second-order valence-corrected chi connectivity index (χ2v) is 15.8. The number of nitrogens with zero attached hydrogens (tertiary/aromatic N) is 5. The van der Waals surface area contributed by atoms with Gasteiger partial charge in [0.25, 0.3) is 0 Å². The number of aromatic nitrogens is 5. The smallest absolute Gasteiger partial charge is 0.168 e. The summed E-state index contributed by atoms with van der Waals surface area (Å²) in [6.45, 7) is 0. The largest absolute Gasteiger partial charge is 0.456 e. The molecule has 0 unspecified atom stereocenters. The van der Waals surface area contributed by atoms with E-state index in [1.165, 1.54) is 16.2 Å². The normalized spacial score (nSPS) is 11.9. The number of rotatable bonds is 6. The van der Waals surface area contributed by atoms with E-state index < -0.39 is 0 Å². The average Bonchev–Trinajstić information content (AvgIpc) is 4.11. The molecule has 0 radical (unpaired) electrons. The topological polar surface area (TPSA) is 53.7 Å². The maximum absolute atomic E-state index is 6.40. The molecule has 9 aromatic carbocycles. The fourth-order valence-electron chi connectivity index (χ4n) is 9.77. The van der Waals surface area contributed by atoms with E-state index in [0.29, 0.717) is 0 Å². The minimum atomic E-state index is 0.787. The molecule has 0 aliphatic heterocycles. The maximum atomic E-state index is 6.40. The van der Waals surface area contributed by atoms with Gasteiger partial charge in [-0.2, -0.15) is 0 Å². The van der Waals surface area contributed by atoms with Crippen molar-refractivity contribution in [1.29, 1.82) is 0 Å². The zero-order valence-electron chi connectivity index (χ0n) is 33.4. The van der Waals surface area contributed by atoms with E-state index in [1.807, 2.05) is 30.3 Å². The number of fused-ring (bicyclic) bond motifs is 10. The third-order valence-corrected chi connectivity index (χ3v) is 12.4. The third-order valence-electron chi connectivity index (χ3n) is 12.4. The number of benzene rings is 9. The van der Waals surface area contributed by atoms with Crippen molar-refractivity contribution in [1.82, 2.24) is 23.9 Å². The van der Waals surface area contributed by atoms with Crippen LogP contribution in [0.3, 0.4) is 0 Å². The first-order chi connectivity index (χ1) is 30.8. The van der Waals surface area contributed by atoms with Gasteiger partial charge in [-0.25, -0.2) is 0 Å². The number of furan rings is 1. The summed E-state index contributed by atoms with van der Waals surface area (Å²) in [6.07, 6.45) is 0. The summed E-state index contributed by atoms with van der Waals surface area (Å²) >= 11 is 0. The fourth-order valence-corrected chi connectivity index (χ4v) is 9.77. The van der Waals surface area contributed by atoms with Gasteiger partial charge in [0.1, 0.15) is 11.2 Å². The van der Waals surface area contributed by atoms with Crippen molar-refractivity contribution < 1.29 is 4.42 Å². The molecule has 6 heteroatoms. The van der Waals surface area contributed by atoms with Crippen LogP contribution in [-0.2, 0) is 0 Å². The SMILES string of the molecule is c1ccc(-c2nnc(-c3ccc4c(c3)c3ccccc3n4-c3ccccc3-c3ccccc3-n3c4ccccc4c4c5c(ccc43)oc3ccccc35)n2-c2ccccc2)cc1. The molecule has 13 aromatic rings. The van der Waals surface area contributed by atoms with Crippen LogP contribution in [0.1, 0.15) is 0 Å². The Morgan fingerprint density at radius 1 is 0.323 bits per heavy atom. The van der Waals surface area contributed by atoms with Crippen LogP contribution in [-0.4, -0.2) is 23.9 Å². The predicted molar refractivity (Wildman–Crippen MR) is 254 cm³/mol. The molecular weight excluding hydrogens is 759 g/mol. The molecule has 0 saturated carbocycles. The van der Waals surface area contributed by atoms with E-state index in [1.54, 1.807) is 0 Å². The molecule has 0 fully saturated rings. The Morgan fingerprint density at radius 3 is 1.60 bits per heavy atom. The molecule has 6 nitrogen and oxygen atoms in total. The van der Waals surface area contributed by atoms with Gasteiger partial charge in [-0.15, -0.1) is 10.2 Å². The average molecular weight is 794 g/mol. The molecule has 0 aliphatic carbocycles. The zero-order valence-corrected chi connectivity index (χ0v) is 33.4. The van der Waals surface area contributed by atoms with Crippen molar-refractivity contribution in [3.8, 4) is 51.0 Å². The fraction of sp³-hybridized carbons (Fsp3) is 0. The Morgan fingerprint density at radius 2 is 0.855 bits per heavy atom. The summed E-state index contributed by atoms with van der Waals surface area (Å²) in [5.74, 6) is 1.59. The van der Waals surface area contributed by atoms with Crippen LogP contribution in [0.4, 0.5) is 0 Å². The summed E-state index contributed by atoms with van der Waals surface area (Å²) in [7, 11) is 0. The first kappa shape index (κ1) is 34.4. The van der Waals surface area contributed by atoms with Gasteiger partial charge in [-0.05, 0) is 72.8 Å². The molecule has 13 rings (SSSR count). The van der Waals surface area contributed by atoms with Gasteiger partial charge in [0.2, 0.25) is 0 Å². The van der Waals surface area contributed by atoms with Gasteiger partial charge < -0.3 is 13.6 Å². The Bertz CT molecular complexity index is 3870. The lowest BCUT2D eigenvalue weighted by Gasteiger charge is -2.18. The van der Waals surface area contributed by atoms with E-state index in [-0.39, 0.29) is 0 Å². The number of hydrogen-bond donors (Lipinski definition) is 0. The van der Waals surface area contributed by atoms with Crippen LogP contribution >= 0.6 is 0 Å². The molecule has 4 heterocycles. The van der Waals surface area contributed by atoms with Crippen molar-refractivity contribution in [2.24, 2.45) is 0 Å². The van der Waals surface area contributed by atoms with Gasteiger partial charge in [-0.1, -0.05) is 140 Å². The van der Waals surface area contributed by atoms with Crippen molar-refractivity contribution in [3.05, 3.63) is 212 Å². The highest BCUT2D eigenvalue weighted by atomic mass is 16.3. The summed E-state index contributed by atoms with van der Waals surface area (Å²) in [5.41, 5.74) is 13.8. The number of para-hydroxylation sites is 6. The van der Waals surface area contributed by atoms with E-state index in [4.69, 9.17) is 14.6 Å². The van der Waals surface area contributed by atoms with Crippen molar-refractivity contribution in [2.45, 2.75) is 0 Å². The first-order valence-corrected chi connectivity index (χ1v) is 20.9. The summed E-state index contributed by atoms with van der Waals surface area (Å²) < 4.78 is 13.4. The zero-order chi connectivity index (χ0) is 40.7. The van der Waals surface area contributed by atoms with E-state index in [2.05, 4.69) is 196 Å². The lowest BCUT2D eigenvalue weighted by atomic mass is 10.0. The molecule has 4 aromatic heterocycles. The summed E-state index contributed by atoms with van der Waals surface area (Å²) in [4.78, 5) is 0. The van der Waals surface area contributed by atoms with Gasteiger partial charge in [0, 0.05) is 60.3 Å². The van der Waals surface area contributed by atoms with E-state index in [0.717, 1.165) is 100 Å². The summed E-state index contributed by atoms with van der Waals surface area (Å²) in [6, 6.07) is 75.1. The first-order valence-electron chi connectivity index (χ1n) is 20.9. The standard InChI is InChI=1S/C56H35N5O/c1-3-17-36(18-4-1)55-57-58-56(59(55)38-19-5-2-6-20-38)37-31-32-49-44(35-37)41-23-9-14-28-47(41)60(49)45-26-12-7-21-39(45)40-22-8-13-27-46(40)61-48-29-15-10-24-42(48)53-50(61)33-34-52-54(53)43-25-11-16-30-51(43)62-52/h1-35H. The van der Waals surface area contributed by atoms with Crippen LogP contribution in [0.15, 0.2) is 217 Å². The summed E-state index contributed by atoms with van der Waals surface area (Å²) in [5, 5.41) is 16.6. The quantitative estimate of drug-likeness (QED) is 0.168. The molecule has 0 aliphatic rings. The monoisotopic (exact) mass is 793 g/mol. The van der Waals surface area contributed by atoms with Gasteiger partial charge in [0.05, 0.1) is 33.4 Å². The minimum absolute atomic E-state index is 0.787. The van der Waals surface area contributed by atoms with Crippen LogP contribution in [0, 0.1) is 0 Å². The lowest BCUT2D eigenvalue weighted by molar-refractivity contribution is 0.669. The molecule has 0 atom stereocenters. The molecule has 62 heavy (non-hydrogen) atoms. The minimum Gasteiger partial charge on any atom is -0.456 e. The Balaban J connectivity index is 1.03. The van der Waals surface area contributed by atoms with Gasteiger partial charge in [-0.3, -0.25) is 4.57 Å². The molecule has 0 bridgehead atoms. The highest BCUT2D eigenvalue weighted by Gasteiger charge is 2.23. The highest BCUT2D eigenvalue weighted by molar-refractivity contribution is 6.27. The molecule has 0 amide bonds. The molecule has 290 valence electrons. The predicted octanol–water partition coefficient (Wildman–Crippen LogP) is 14.4. The second kappa shape index (κ2) is 13.5. The van der Waals surface area contributed by atoms with Crippen molar-refractivity contribution in [2.75, 3.05) is 0 Å². The van der Waals surface area contributed by atoms with Crippen LogP contribution < -0.4 is 0 Å². The molecule has 0 N–H and O–H groups in total. The Labute approximate surface area is 355 Å².